The van der Waals surface area contributed by atoms with E-state index in [9.17, 15) is 5.11 Å². The highest BCUT2D eigenvalue weighted by molar-refractivity contribution is 6.05. The van der Waals surface area contributed by atoms with Gasteiger partial charge in [-0.25, -0.2) is 14.4 Å². The van der Waals surface area contributed by atoms with Crippen molar-refractivity contribution in [3.8, 4) is 28.4 Å². The van der Waals surface area contributed by atoms with E-state index in [2.05, 4.69) is 15.8 Å². The number of anilines is 1. The van der Waals surface area contributed by atoms with Gasteiger partial charge in [-0.3, -0.25) is 0 Å². The molecule has 1 aliphatic carbocycles. The maximum atomic E-state index is 15.2. The van der Waals surface area contributed by atoms with Crippen LogP contribution in [-0.4, -0.2) is 71.4 Å². The molecule has 1 saturated carbocycles. The molecule has 0 bridgehead atoms. The van der Waals surface area contributed by atoms with Crippen LogP contribution in [0.15, 0.2) is 34.5 Å². The molecule has 39 heavy (non-hydrogen) atoms. The first-order valence-corrected chi connectivity index (χ1v) is 13.1. The molecule has 3 heterocycles. The average Bonchev–Trinajstić information content (AvgIpc) is 3.59. The highest BCUT2D eigenvalue weighted by Gasteiger charge is 2.29. The predicted octanol–water partition coefficient (Wildman–Crippen LogP) is 3.30. The van der Waals surface area contributed by atoms with E-state index in [-0.39, 0.29) is 18.0 Å². The molecule has 3 aromatic rings. The van der Waals surface area contributed by atoms with Gasteiger partial charge in [0.05, 0.1) is 34.8 Å². The van der Waals surface area contributed by atoms with Crippen LogP contribution in [0, 0.1) is 32.0 Å². The number of benzene rings is 1. The fourth-order valence-corrected chi connectivity index (χ4v) is 4.65. The Morgan fingerprint density at radius 2 is 2.05 bits per heavy atom. The monoisotopic (exact) mass is 535 g/mol. The smallest absolute Gasteiger partial charge is 0.165 e. The van der Waals surface area contributed by atoms with Gasteiger partial charge in [0.15, 0.2) is 5.82 Å². The second-order valence-electron chi connectivity index (χ2n) is 10.2. The number of aromatic nitrogens is 3. The molecular weight excluding hydrogens is 501 g/mol. The zero-order chi connectivity index (χ0) is 27.7. The van der Waals surface area contributed by atoms with E-state index in [1.807, 2.05) is 31.9 Å². The predicted molar refractivity (Wildman–Crippen MR) is 147 cm³/mol. The molecule has 1 aliphatic heterocycles. The summed E-state index contributed by atoms with van der Waals surface area (Å²) in [6.07, 6.45) is 3.53. The third-order valence-corrected chi connectivity index (χ3v) is 6.92. The maximum Gasteiger partial charge on any atom is 0.165 e. The van der Waals surface area contributed by atoms with Crippen molar-refractivity contribution in [3.05, 3.63) is 52.8 Å². The lowest BCUT2D eigenvalue weighted by molar-refractivity contribution is 0.108. The minimum absolute atomic E-state index is 0.0517. The average molecular weight is 536 g/mol. The molecule has 2 aromatic heterocycles. The summed E-state index contributed by atoms with van der Waals surface area (Å²) in [4.78, 5) is 11.6. The quantitative estimate of drug-likeness (QED) is 0.309. The number of halogens is 1. The summed E-state index contributed by atoms with van der Waals surface area (Å²) in [5, 5.41) is 28.9. The molecule has 206 valence electrons. The van der Waals surface area contributed by atoms with Gasteiger partial charge >= 0.3 is 0 Å². The van der Waals surface area contributed by atoms with E-state index in [0.717, 1.165) is 29.5 Å². The fourth-order valence-electron chi connectivity index (χ4n) is 4.65. The van der Waals surface area contributed by atoms with Gasteiger partial charge in [-0.2, -0.15) is 0 Å². The number of likely N-dealkylation sites (N-methyl/N-ethyl adjacent to an activating group) is 1. The Morgan fingerprint density at radius 1 is 1.26 bits per heavy atom. The summed E-state index contributed by atoms with van der Waals surface area (Å²) in [5.41, 5.74) is 4.39. The molecule has 1 aromatic carbocycles. The molecule has 5 rings (SSSR count). The number of aliphatic hydroxyl groups excluding tert-OH is 1. The zero-order valence-electron chi connectivity index (χ0n) is 22.6. The van der Waals surface area contributed by atoms with E-state index in [0.29, 0.717) is 60.1 Å². The van der Waals surface area contributed by atoms with Crippen LogP contribution < -0.4 is 20.3 Å². The van der Waals surface area contributed by atoms with Gasteiger partial charge in [0.2, 0.25) is 0 Å². The van der Waals surface area contributed by atoms with Crippen LogP contribution in [0.1, 0.15) is 29.9 Å². The number of nitrogens with one attached hydrogen (secondary N) is 3. The summed E-state index contributed by atoms with van der Waals surface area (Å²) in [6.45, 7) is 6.89. The Hall–Kier alpha value is -3.83. The highest BCUT2D eigenvalue weighted by Crippen LogP contribution is 2.36. The van der Waals surface area contributed by atoms with E-state index in [4.69, 9.17) is 24.6 Å². The van der Waals surface area contributed by atoms with Crippen LogP contribution in [-0.2, 0) is 0 Å². The lowest BCUT2D eigenvalue weighted by atomic mass is 10.0. The van der Waals surface area contributed by atoms with Crippen LogP contribution in [0.5, 0.6) is 5.75 Å². The number of ether oxygens (including phenoxy) is 1. The van der Waals surface area contributed by atoms with Gasteiger partial charge < -0.3 is 35.3 Å². The molecule has 2 aliphatic rings. The van der Waals surface area contributed by atoms with Crippen molar-refractivity contribution in [1.82, 2.24) is 25.8 Å². The largest absolute Gasteiger partial charge is 0.491 e. The van der Waals surface area contributed by atoms with Crippen LogP contribution >= 0.6 is 0 Å². The Labute approximate surface area is 226 Å². The van der Waals surface area contributed by atoms with Crippen LogP contribution in [0.2, 0.25) is 0 Å². The number of aliphatic hydroxyl groups is 1. The Bertz CT molecular complexity index is 1400. The topological polar surface area (TPSA) is 132 Å². The summed E-state index contributed by atoms with van der Waals surface area (Å²) < 4.78 is 26.4. The minimum atomic E-state index is -0.709. The molecule has 0 unspecified atom stereocenters. The number of rotatable bonds is 10. The Balaban J connectivity index is 1.56. The Morgan fingerprint density at radius 3 is 2.74 bits per heavy atom. The van der Waals surface area contributed by atoms with E-state index in [1.165, 1.54) is 12.1 Å². The third kappa shape index (κ3) is 5.79. The summed E-state index contributed by atoms with van der Waals surface area (Å²) in [6, 6.07) is 4.86. The fraction of sp³-hybridized carbons (Fsp3) is 0.429. The van der Waals surface area contributed by atoms with Crippen molar-refractivity contribution in [2.24, 2.45) is 0 Å². The first-order chi connectivity index (χ1) is 18.7. The van der Waals surface area contributed by atoms with Crippen LogP contribution in [0.3, 0.4) is 0 Å². The summed E-state index contributed by atoms with van der Waals surface area (Å²) in [7, 11) is 1.74. The summed E-state index contributed by atoms with van der Waals surface area (Å²) >= 11 is 0. The first-order valence-electron chi connectivity index (χ1n) is 13.1. The van der Waals surface area contributed by atoms with Gasteiger partial charge in [0, 0.05) is 36.5 Å². The van der Waals surface area contributed by atoms with E-state index < -0.39 is 11.9 Å². The van der Waals surface area contributed by atoms with E-state index >= 15 is 4.39 Å². The second kappa shape index (κ2) is 11.1. The molecule has 0 amide bonds. The van der Waals surface area contributed by atoms with Gasteiger partial charge in [-0.15, -0.1) is 0 Å². The van der Waals surface area contributed by atoms with Crippen molar-refractivity contribution in [2.75, 3.05) is 38.2 Å². The van der Waals surface area contributed by atoms with Crippen molar-refractivity contribution in [1.29, 1.82) is 5.41 Å². The molecule has 11 heteroatoms. The number of nitrogens with zero attached hydrogens (tertiary/aromatic N) is 4. The lowest BCUT2D eigenvalue weighted by Crippen LogP contribution is -2.29. The van der Waals surface area contributed by atoms with Gasteiger partial charge in [-0.1, -0.05) is 5.16 Å². The molecule has 2 fully saturated rings. The number of aryl methyl sites for hydroxylation is 2. The molecule has 10 nitrogen and oxygen atoms in total. The third-order valence-electron chi connectivity index (χ3n) is 6.92. The van der Waals surface area contributed by atoms with Crippen LogP contribution in [0.25, 0.3) is 22.6 Å². The van der Waals surface area contributed by atoms with Gasteiger partial charge in [0.25, 0.3) is 0 Å². The van der Waals surface area contributed by atoms with Gasteiger partial charge in [-0.05, 0) is 58.9 Å². The molecule has 4 N–H and O–H groups in total. The first kappa shape index (κ1) is 26.8. The van der Waals surface area contributed by atoms with Crippen molar-refractivity contribution in [3.63, 3.8) is 0 Å². The SMILES string of the molecule is CNC[C@@H](O)COc1ccc(F)c(-c2nc(-c3c(C)noc3C)c(C)c(N3CC(=N)/C(=C\NC4CC4)C3)n2)c1. The van der Waals surface area contributed by atoms with Crippen molar-refractivity contribution >= 4 is 11.5 Å². The number of hydrogen-bond donors (Lipinski definition) is 4. The highest BCUT2D eigenvalue weighted by atomic mass is 19.1. The lowest BCUT2D eigenvalue weighted by Gasteiger charge is -2.21. The Kier molecular flexibility index (Phi) is 7.62. The molecule has 1 saturated heterocycles. The number of hydrogen-bond acceptors (Lipinski definition) is 10. The second-order valence-corrected chi connectivity index (χ2v) is 10.2. The molecule has 1 atom stereocenters. The summed E-state index contributed by atoms with van der Waals surface area (Å²) in [5.74, 6) is 1.30. The van der Waals surface area contributed by atoms with Crippen molar-refractivity contribution < 1.29 is 18.8 Å². The molecule has 0 radical (unpaired) electrons. The van der Waals surface area contributed by atoms with E-state index in [1.54, 1.807) is 13.1 Å². The van der Waals surface area contributed by atoms with Crippen LogP contribution in [0.4, 0.5) is 10.2 Å². The minimum Gasteiger partial charge on any atom is -0.491 e. The molecule has 0 spiro atoms. The standard InChI is InChI=1S/C28H34FN7O3/c1-15-26(25-16(2)35-39-17(25)3)33-27(22-9-21(7-8-23(22)29)38-14-20(37)11-31-4)34-28(15)36-12-18(24(30)13-36)10-32-19-5-6-19/h7-10,19-20,30-32,37H,5-6,11-14H2,1-4H3/b18-10-,30-24?/t20-/m1/s1. The zero-order valence-corrected chi connectivity index (χ0v) is 22.6. The van der Waals surface area contributed by atoms with Gasteiger partial charge in [0.1, 0.15) is 35.9 Å². The molecular formula is C28H34FN7O3. The maximum absolute atomic E-state index is 15.2. The van der Waals surface area contributed by atoms with Crippen molar-refractivity contribution in [2.45, 2.75) is 45.8 Å². The normalized spacial score (nSPS) is 17.2.